The number of rotatable bonds is 3. The van der Waals surface area contributed by atoms with Gasteiger partial charge in [0.25, 0.3) is 0 Å². The van der Waals surface area contributed by atoms with E-state index in [2.05, 4.69) is 21.9 Å². The minimum atomic E-state index is -0.926. The van der Waals surface area contributed by atoms with Crippen molar-refractivity contribution in [2.24, 2.45) is 7.05 Å². The number of hydrogen-bond donors (Lipinski definition) is 1. The van der Waals surface area contributed by atoms with E-state index in [9.17, 15) is 4.79 Å². The normalized spacial score (nSPS) is 18.5. The number of aryl methyl sites for hydroxylation is 1. The SMILES string of the molecule is CN1CCN(Cc2cc(C(=O)O)n(C)n2)CC1. The van der Waals surface area contributed by atoms with Crippen LogP contribution in [0.1, 0.15) is 16.2 Å². The average molecular weight is 238 g/mol. The summed E-state index contributed by atoms with van der Waals surface area (Å²) in [5.74, 6) is -0.926. The zero-order valence-corrected chi connectivity index (χ0v) is 10.3. The predicted octanol–water partition coefficient (Wildman–Crippen LogP) is -0.134. The van der Waals surface area contributed by atoms with Crippen LogP contribution in [-0.2, 0) is 13.6 Å². The van der Waals surface area contributed by atoms with E-state index in [1.807, 2.05) is 0 Å². The van der Waals surface area contributed by atoms with Gasteiger partial charge in [-0.3, -0.25) is 9.58 Å². The minimum absolute atomic E-state index is 0.245. The molecular weight excluding hydrogens is 220 g/mol. The summed E-state index contributed by atoms with van der Waals surface area (Å²) in [6.45, 7) is 4.86. The van der Waals surface area contributed by atoms with Crippen LogP contribution in [0.2, 0.25) is 0 Å². The predicted molar refractivity (Wildman–Crippen MR) is 62.9 cm³/mol. The molecular formula is C11H18N4O2. The summed E-state index contributed by atoms with van der Waals surface area (Å²) >= 11 is 0. The van der Waals surface area contributed by atoms with Crippen LogP contribution in [0.25, 0.3) is 0 Å². The quantitative estimate of drug-likeness (QED) is 0.794. The van der Waals surface area contributed by atoms with Crippen LogP contribution < -0.4 is 0 Å². The highest BCUT2D eigenvalue weighted by atomic mass is 16.4. The Morgan fingerprint density at radius 2 is 2.00 bits per heavy atom. The Kier molecular flexibility index (Phi) is 3.44. The van der Waals surface area contributed by atoms with Gasteiger partial charge in [0.1, 0.15) is 5.69 Å². The van der Waals surface area contributed by atoms with Gasteiger partial charge in [0.2, 0.25) is 0 Å². The third kappa shape index (κ3) is 2.83. The zero-order valence-electron chi connectivity index (χ0n) is 10.3. The summed E-state index contributed by atoms with van der Waals surface area (Å²) in [6.07, 6.45) is 0. The van der Waals surface area contributed by atoms with Crippen LogP contribution >= 0.6 is 0 Å². The fourth-order valence-corrected chi connectivity index (χ4v) is 2.04. The highest BCUT2D eigenvalue weighted by Gasteiger charge is 2.17. The minimum Gasteiger partial charge on any atom is -0.477 e. The second-order valence-electron chi connectivity index (χ2n) is 4.53. The van der Waals surface area contributed by atoms with E-state index in [-0.39, 0.29) is 5.69 Å². The molecule has 2 rings (SSSR count). The van der Waals surface area contributed by atoms with Crippen molar-refractivity contribution in [2.75, 3.05) is 33.2 Å². The fraction of sp³-hybridized carbons (Fsp3) is 0.636. The summed E-state index contributed by atoms with van der Waals surface area (Å²) < 4.78 is 1.42. The molecule has 94 valence electrons. The molecule has 0 bridgehead atoms. The molecule has 6 heteroatoms. The third-order valence-electron chi connectivity index (χ3n) is 3.13. The van der Waals surface area contributed by atoms with Crippen LogP contribution in [0.3, 0.4) is 0 Å². The molecule has 1 aliphatic rings. The molecule has 1 N–H and O–H groups in total. The maximum atomic E-state index is 10.9. The maximum absolute atomic E-state index is 10.9. The Bertz CT molecular complexity index is 408. The highest BCUT2D eigenvalue weighted by molar-refractivity contribution is 5.85. The van der Waals surface area contributed by atoms with Crippen molar-refractivity contribution < 1.29 is 9.90 Å². The number of carbonyl (C=O) groups is 1. The van der Waals surface area contributed by atoms with E-state index in [4.69, 9.17) is 5.11 Å². The number of carboxylic acids is 1. The lowest BCUT2D eigenvalue weighted by Crippen LogP contribution is -2.43. The van der Waals surface area contributed by atoms with E-state index in [0.717, 1.165) is 38.4 Å². The van der Waals surface area contributed by atoms with Crippen LogP contribution in [0, 0.1) is 0 Å². The third-order valence-corrected chi connectivity index (χ3v) is 3.13. The summed E-state index contributed by atoms with van der Waals surface area (Å²) in [7, 11) is 3.78. The largest absolute Gasteiger partial charge is 0.477 e. The van der Waals surface area contributed by atoms with Crippen molar-refractivity contribution in [3.63, 3.8) is 0 Å². The van der Waals surface area contributed by atoms with E-state index in [1.54, 1.807) is 13.1 Å². The van der Waals surface area contributed by atoms with E-state index < -0.39 is 5.97 Å². The molecule has 1 saturated heterocycles. The summed E-state index contributed by atoms with van der Waals surface area (Å²) in [5, 5.41) is 13.2. The van der Waals surface area contributed by atoms with Gasteiger partial charge >= 0.3 is 5.97 Å². The van der Waals surface area contributed by atoms with E-state index >= 15 is 0 Å². The fourth-order valence-electron chi connectivity index (χ4n) is 2.04. The van der Waals surface area contributed by atoms with Gasteiger partial charge in [-0.05, 0) is 13.1 Å². The Morgan fingerprint density at radius 3 is 2.53 bits per heavy atom. The Morgan fingerprint density at radius 1 is 1.35 bits per heavy atom. The Balaban J connectivity index is 1.99. The van der Waals surface area contributed by atoms with Crippen molar-refractivity contribution in [3.8, 4) is 0 Å². The first-order valence-corrected chi connectivity index (χ1v) is 5.73. The number of hydrogen-bond acceptors (Lipinski definition) is 4. The van der Waals surface area contributed by atoms with Crippen molar-refractivity contribution in [3.05, 3.63) is 17.5 Å². The van der Waals surface area contributed by atoms with E-state index in [1.165, 1.54) is 4.68 Å². The monoisotopic (exact) mass is 238 g/mol. The number of likely N-dealkylation sites (N-methyl/N-ethyl adjacent to an activating group) is 1. The molecule has 0 aromatic carbocycles. The topological polar surface area (TPSA) is 61.6 Å². The molecule has 1 aromatic rings. The first kappa shape index (κ1) is 12.1. The zero-order chi connectivity index (χ0) is 12.4. The standard InChI is InChI=1S/C11H18N4O2/c1-13-3-5-15(6-4-13)8-9-7-10(11(16)17)14(2)12-9/h7H,3-6,8H2,1-2H3,(H,16,17). The lowest BCUT2D eigenvalue weighted by Gasteiger charge is -2.31. The molecule has 0 aliphatic carbocycles. The summed E-state index contributed by atoms with van der Waals surface area (Å²) in [4.78, 5) is 15.5. The molecule has 1 fully saturated rings. The number of piperazine rings is 1. The van der Waals surface area contributed by atoms with Gasteiger partial charge in [-0.2, -0.15) is 5.10 Å². The molecule has 0 saturated carbocycles. The van der Waals surface area contributed by atoms with Crippen LogP contribution in [0.4, 0.5) is 0 Å². The highest BCUT2D eigenvalue weighted by Crippen LogP contribution is 2.08. The Hall–Kier alpha value is -1.40. The number of carboxylic acid groups (broad SMARTS) is 1. The van der Waals surface area contributed by atoms with Crippen LogP contribution in [-0.4, -0.2) is 63.9 Å². The van der Waals surface area contributed by atoms with Crippen molar-refractivity contribution >= 4 is 5.97 Å². The summed E-state index contributed by atoms with van der Waals surface area (Å²) in [5.41, 5.74) is 1.07. The van der Waals surface area contributed by atoms with Crippen LogP contribution in [0.5, 0.6) is 0 Å². The molecule has 0 atom stereocenters. The summed E-state index contributed by atoms with van der Waals surface area (Å²) in [6, 6.07) is 1.65. The van der Waals surface area contributed by atoms with Gasteiger partial charge in [0, 0.05) is 39.8 Å². The number of aromatic nitrogens is 2. The van der Waals surface area contributed by atoms with Gasteiger partial charge in [-0.15, -0.1) is 0 Å². The average Bonchev–Trinajstić information content (AvgIpc) is 2.63. The molecule has 1 aliphatic heterocycles. The first-order chi connectivity index (χ1) is 8.06. The molecule has 0 unspecified atom stereocenters. The lowest BCUT2D eigenvalue weighted by molar-refractivity contribution is 0.0685. The second-order valence-corrected chi connectivity index (χ2v) is 4.53. The van der Waals surface area contributed by atoms with Gasteiger partial charge in [-0.25, -0.2) is 4.79 Å². The molecule has 2 heterocycles. The van der Waals surface area contributed by atoms with E-state index in [0.29, 0.717) is 0 Å². The maximum Gasteiger partial charge on any atom is 0.354 e. The van der Waals surface area contributed by atoms with Crippen molar-refractivity contribution in [1.82, 2.24) is 19.6 Å². The van der Waals surface area contributed by atoms with Crippen molar-refractivity contribution in [2.45, 2.75) is 6.54 Å². The molecule has 1 aromatic heterocycles. The molecule has 0 radical (unpaired) electrons. The lowest BCUT2D eigenvalue weighted by atomic mass is 10.3. The smallest absolute Gasteiger partial charge is 0.354 e. The molecule has 6 nitrogen and oxygen atoms in total. The molecule has 0 amide bonds. The second kappa shape index (κ2) is 4.85. The van der Waals surface area contributed by atoms with Gasteiger partial charge < -0.3 is 10.0 Å². The number of nitrogens with zero attached hydrogens (tertiary/aromatic N) is 4. The number of aromatic carboxylic acids is 1. The molecule has 17 heavy (non-hydrogen) atoms. The Labute approximate surface area is 100 Å². The van der Waals surface area contributed by atoms with Gasteiger partial charge in [0.05, 0.1) is 5.69 Å². The van der Waals surface area contributed by atoms with Gasteiger partial charge in [0.15, 0.2) is 0 Å². The van der Waals surface area contributed by atoms with Gasteiger partial charge in [-0.1, -0.05) is 0 Å². The van der Waals surface area contributed by atoms with Crippen molar-refractivity contribution in [1.29, 1.82) is 0 Å². The first-order valence-electron chi connectivity index (χ1n) is 5.73. The molecule has 0 spiro atoms. The van der Waals surface area contributed by atoms with Crippen LogP contribution in [0.15, 0.2) is 6.07 Å².